The minimum atomic E-state index is -0.598. The molecule has 0 bridgehead atoms. The third-order valence-corrected chi connectivity index (χ3v) is 12.2. The fourth-order valence-electron chi connectivity index (χ4n) is 9.20. The molecule has 9 rings (SSSR count). The van der Waals surface area contributed by atoms with E-state index in [4.69, 9.17) is 14.7 Å². The van der Waals surface area contributed by atoms with Crippen LogP contribution >= 0.6 is 0 Å². The van der Waals surface area contributed by atoms with Crippen LogP contribution in [-0.4, -0.2) is 72.9 Å². The molecule has 4 fully saturated rings. The molecule has 3 N–H and O–H groups in total. The van der Waals surface area contributed by atoms with Crippen LogP contribution in [0.3, 0.4) is 0 Å². The minimum absolute atomic E-state index is 0.00225. The molecule has 55 heavy (non-hydrogen) atoms. The number of ether oxygens (including phenoxy) is 1. The van der Waals surface area contributed by atoms with Crippen LogP contribution in [0.1, 0.15) is 83.5 Å². The van der Waals surface area contributed by atoms with E-state index in [9.17, 15) is 14.4 Å². The Bertz CT molecular complexity index is 2270. The smallest absolute Gasteiger partial charge is 0.410 e. The van der Waals surface area contributed by atoms with E-state index in [2.05, 4.69) is 94.7 Å². The van der Waals surface area contributed by atoms with Gasteiger partial charge in [-0.1, -0.05) is 76.2 Å². The molecular weight excluding hydrogens is 691 g/mol. The van der Waals surface area contributed by atoms with Crippen molar-refractivity contribution < 1.29 is 19.1 Å². The predicted octanol–water partition coefficient (Wildman–Crippen LogP) is 8.04. The van der Waals surface area contributed by atoms with Gasteiger partial charge in [-0.3, -0.25) is 14.5 Å². The van der Waals surface area contributed by atoms with Gasteiger partial charge in [0.2, 0.25) is 11.8 Å². The highest BCUT2D eigenvalue weighted by molar-refractivity contribution is 5.91. The van der Waals surface area contributed by atoms with Gasteiger partial charge in [-0.05, 0) is 89.0 Å². The second-order valence-electron chi connectivity index (χ2n) is 16.9. The van der Waals surface area contributed by atoms with Crippen LogP contribution < -0.4 is 5.32 Å². The van der Waals surface area contributed by atoms with Gasteiger partial charge in [0.1, 0.15) is 17.7 Å². The van der Waals surface area contributed by atoms with Crippen LogP contribution in [0.5, 0.6) is 0 Å². The molecule has 1 unspecified atom stereocenters. The first kappa shape index (κ1) is 35.3. The lowest BCUT2D eigenvalue weighted by atomic mass is 9.98. The number of nitrogens with zero attached hydrogens (tertiary/aromatic N) is 4. The maximum atomic E-state index is 13.5. The molecule has 11 nitrogen and oxygen atoms in total. The van der Waals surface area contributed by atoms with Gasteiger partial charge in [-0.2, -0.15) is 0 Å². The second kappa shape index (κ2) is 13.7. The monoisotopic (exact) mass is 739 g/mol. The number of imidazole rings is 2. The Morgan fingerprint density at radius 1 is 0.745 bits per heavy atom. The maximum absolute atomic E-state index is 13.5. The van der Waals surface area contributed by atoms with Gasteiger partial charge >= 0.3 is 6.09 Å². The number of hydrogen-bond acceptors (Lipinski definition) is 6. The molecule has 2 saturated heterocycles. The van der Waals surface area contributed by atoms with E-state index in [0.29, 0.717) is 30.7 Å². The zero-order valence-electron chi connectivity index (χ0n) is 32.1. The number of carbonyl (C=O) groups is 3. The van der Waals surface area contributed by atoms with Crippen LogP contribution in [0, 0.1) is 23.7 Å². The molecule has 4 aliphatic rings. The average molecular weight is 740 g/mol. The number of amides is 3. The molecule has 0 radical (unpaired) electrons. The number of methoxy groups -OCH3 is 1. The molecule has 11 heteroatoms. The van der Waals surface area contributed by atoms with Crippen molar-refractivity contribution in [3.63, 3.8) is 0 Å². The van der Waals surface area contributed by atoms with Crippen molar-refractivity contribution in [2.24, 2.45) is 23.7 Å². The Morgan fingerprint density at radius 2 is 1.33 bits per heavy atom. The summed E-state index contributed by atoms with van der Waals surface area (Å²) in [6.45, 7) is 8.12. The number of nitrogens with one attached hydrogen (secondary N) is 3. The van der Waals surface area contributed by atoms with E-state index >= 15 is 0 Å². The molecule has 2 aliphatic carbocycles. The van der Waals surface area contributed by atoms with Gasteiger partial charge in [0, 0.05) is 24.1 Å². The number of hydrogen-bond donors (Lipinski definition) is 3. The molecule has 4 heterocycles. The van der Waals surface area contributed by atoms with Crippen LogP contribution in [0.15, 0.2) is 73.1 Å². The Balaban J connectivity index is 0.886. The zero-order chi connectivity index (χ0) is 38.1. The number of aromatic amines is 2. The van der Waals surface area contributed by atoms with Crippen molar-refractivity contribution >= 4 is 28.7 Å². The van der Waals surface area contributed by atoms with E-state index in [1.54, 1.807) is 4.90 Å². The summed E-state index contributed by atoms with van der Waals surface area (Å²) < 4.78 is 5.06. The van der Waals surface area contributed by atoms with Gasteiger partial charge in [-0.15, -0.1) is 0 Å². The summed E-state index contributed by atoms with van der Waals surface area (Å²) in [5.41, 5.74) is 6.19. The van der Waals surface area contributed by atoms with Gasteiger partial charge in [0.05, 0.1) is 43.0 Å². The molecule has 284 valence electrons. The van der Waals surface area contributed by atoms with Crippen molar-refractivity contribution in [2.45, 2.75) is 90.0 Å². The zero-order valence-corrected chi connectivity index (χ0v) is 32.1. The quantitative estimate of drug-likeness (QED) is 0.147. The molecule has 3 aromatic carbocycles. The predicted molar refractivity (Wildman–Crippen MR) is 210 cm³/mol. The maximum Gasteiger partial charge on any atom is 0.410 e. The second-order valence-corrected chi connectivity index (χ2v) is 16.9. The van der Waals surface area contributed by atoms with Crippen LogP contribution in [0.4, 0.5) is 4.79 Å². The number of aromatic nitrogens is 4. The highest BCUT2D eigenvalue weighted by Crippen LogP contribution is 2.53. The van der Waals surface area contributed by atoms with E-state index < -0.39 is 12.1 Å². The third kappa shape index (κ3) is 6.57. The van der Waals surface area contributed by atoms with Gasteiger partial charge in [0.25, 0.3) is 0 Å². The summed E-state index contributed by atoms with van der Waals surface area (Å²) >= 11 is 0. The lowest BCUT2D eigenvalue weighted by molar-refractivity contribution is -0.134. The molecular formula is C44H49N7O4. The molecule has 2 aliphatic heterocycles. The Labute approximate surface area is 321 Å². The van der Waals surface area contributed by atoms with E-state index in [1.807, 2.05) is 26.2 Å². The average Bonchev–Trinajstić information content (AvgIpc) is 3.85. The van der Waals surface area contributed by atoms with E-state index in [0.717, 1.165) is 75.3 Å². The fraction of sp³-hybridized carbons (Fsp3) is 0.432. The van der Waals surface area contributed by atoms with Gasteiger partial charge in [-0.25, -0.2) is 14.8 Å². The Kier molecular flexibility index (Phi) is 8.78. The first-order chi connectivity index (χ1) is 26.6. The lowest BCUT2D eigenvalue weighted by Crippen LogP contribution is -2.55. The number of piperidine rings is 1. The largest absolute Gasteiger partial charge is 0.453 e. The summed E-state index contributed by atoms with van der Waals surface area (Å²) in [6.07, 6.45) is 7.54. The first-order valence-electron chi connectivity index (χ1n) is 19.8. The van der Waals surface area contributed by atoms with Crippen LogP contribution in [0.2, 0.25) is 0 Å². The number of benzene rings is 3. The van der Waals surface area contributed by atoms with Gasteiger partial charge < -0.3 is 24.9 Å². The van der Waals surface area contributed by atoms with Crippen molar-refractivity contribution in [3.8, 4) is 33.6 Å². The Morgan fingerprint density at radius 3 is 2.02 bits per heavy atom. The summed E-state index contributed by atoms with van der Waals surface area (Å²) in [5, 5.41) is 5.44. The fourth-order valence-corrected chi connectivity index (χ4v) is 9.20. The Hall–Kier alpha value is -5.45. The molecule has 7 atom stereocenters. The molecule has 2 saturated carbocycles. The molecule has 5 aromatic rings. The van der Waals surface area contributed by atoms with Crippen molar-refractivity contribution in [2.75, 3.05) is 7.11 Å². The number of H-pyrrole nitrogens is 2. The highest BCUT2D eigenvalue weighted by atomic mass is 16.5. The van der Waals surface area contributed by atoms with Crippen molar-refractivity contribution in [3.05, 3.63) is 84.7 Å². The number of rotatable bonds is 8. The minimum Gasteiger partial charge on any atom is -0.453 e. The summed E-state index contributed by atoms with van der Waals surface area (Å²) in [5.74, 6) is 2.84. The number of fused-ring (bicyclic) bond motifs is 3. The van der Waals surface area contributed by atoms with Gasteiger partial charge in [0.15, 0.2) is 0 Å². The summed E-state index contributed by atoms with van der Waals surface area (Å²) in [4.78, 5) is 59.6. The molecule has 3 amide bonds. The topological polar surface area (TPSA) is 136 Å². The molecule has 2 aromatic heterocycles. The third-order valence-electron chi connectivity index (χ3n) is 12.2. The molecule has 0 spiro atoms. The van der Waals surface area contributed by atoms with Crippen molar-refractivity contribution in [1.29, 1.82) is 0 Å². The summed E-state index contributed by atoms with van der Waals surface area (Å²) in [7, 11) is 1.37. The van der Waals surface area contributed by atoms with Crippen molar-refractivity contribution in [1.82, 2.24) is 35.1 Å². The summed E-state index contributed by atoms with van der Waals surface area (Å²) in [6, 6.07) is 21.0. The lowest BCUT2D eigenvalue weighted by Gasteiger charge is -2.35. The van der Waals surface area contributed by atoms with E-state index in [-0.39, 0.29) is 41.8 Å². The van der Waals surface area contributed by atoms with E-state index in [1.165, 1.54) is 7.11 Å². The highest BCUT2D eigenvalue weighted by Gasteiger charge is 2.55. The van der Waals surface area contributed by atoms with Crippen LogP contribution in [0.25, 0.3) is 44.4 Å². The number of likely N-dealkylation sites (tertiary alicyclic amines) is 1. The normalized spacial score (nSPS) is 25.7. The number of carbonyl (C=O) groups excluding carboxylic acids is 3. The van der Waals surface area contributed by atoms with Crippen LogP contribution in [-0.2, 0) is 14.3 Å². The standard InChI is InChI=1S/C44H49N7O4/c1-23(2)14-39(52)50-36-19-32(36)20-38(50)42-46-21-34(48-42)26-8-6-25(7-9-26)27-10-11-29-16-30(13-12-28(29)15-27)35-22-45-41(47-35)33-17-31-18-37(31)51(44(54)55-5)40(24(3)4)43(53)49-33/h6-13,15-16,21-24,31-33,36-38,40H,14,17-20H2,1-5H3,(H,45,47)(H,46,48)(H,49,53)/t31-,32+,33-,36?,37-,38-,40-/m0/s1. The first-order valence-corrected chi connectivity index (χ1v) is 19.8. The SMILES string of the molecule is COC(=O)N1[C@@H](C(C)C)C(=O)N[C@H](c2ncc(-c3ccc4cc(-c5ccc(-c6cnc([C@@H]7C[C@H]8CC8N7C(=O)CC(C)C)[nH]6)cc5)ccc4c3)[nH]2)C[C@H]2C[C@@H]21.